The molecule has 0 atom stereocenters. The van der Waals surface area contributed by atoms with Gasteiger partial charge in [-0.2, -0.15) is 0 Å². The number of hydrogen-bond donors (Lipinski definition) is 0. The smallest absolute Gasteiger partial charge is 0.185 e. The highest BCUT2D eigenvalue weighted by Crippen LogP contribution is 2.39. The highest BCUT2D eigenvalue weighted by Gasteiger charge is 2.54. The third-order valence-electron chi connectivity index (χ3n) is 4.13. The number of fused-ring (bicyclic) bond motifs is 1. The van der Waals surface area contributed by atoms with E-state index < -0.39 is 22.8 Å². The summed E-state index contributed by atoms with van der Waals surface area (Å²) in [5, 5.41) is 0. The van der Waals surface area contributed by atoms with Crippen LogP contribution in [0.5, 0.6) is 5.75 Å². The van der Waals surface area contributed by atoms with Crippen molar-refractivity contribution in [2.75, 3.05) is 7.11 Å². The lowest BCUT2D eigenvalue weighted by molar-refractivity contribution is 0.0639. The standard InChI is InChI=1S/C18H14O4/c1-18(15(19)11-7-9-12(22-2)10-8-11)16(20)13-5-3-4-6-14(13)17(18)21/h3-10H,1-2H3. The minimum atomic E-state index is -1.68. The largest absolute Gasteiger partial charge is 0.497 e. The Morgan fingerprint density at radius 2 is 1.41 bits per heavy atom. The van der Waals surface area contributed by atoms with Crippen molar-refractivity contribution >= 4 is 17.3 Å². The predicted octanol–water partition coefficient (Wildman–Crippen LogP) is 2.96. The lowest BCUT2D eigenvalue weighted by Gasteiger charge is -2.18. The molecule has 0 spiro atoms. The molecule has 22 heavy (non-hydrogen) atoms. The molecule has 0 saturated carbocycles. The maximum atomic E-state index is 12.8. The summed E-state index contributed by atoms with van der Waals surface area (Å²) in [5.74, 6) is -0.752. The maximum absolute atomic E-state index is 12.8. The van der Waals surface area contributed by atoms with Gasteiger partial charge in [0.25, 0.3) is 0 Å². The highest BCUT2D eigenvalue weighted by molar-refractivity contribution is 6.41. The molecule has 2 aromatic rings. The van der Waals surface area contributed by atoms with Gasteiger partial charge in [0.2, 0.25) is 0 Å². The normalized spacial score (nSPS) is 15.5. The van der Waals surface area contributed by atoms with Gasteiger partial charge >= 0.3 is 0 Å². The van der Waals surface area contributed by atoms with Crippen LogP contribution in [0.1, 0.15) is 38.0 Å². The van der Waals surface area contributed by atoms with E-state index >= 15 is 0 Å². The number of hydrogen-bond acceptors (Lipinski definition) is 4. The zero-order valence-electron chi connectivity index (χ0n) is 12.3. The SMILES string of the molecule is COc1ccc(C(=O)C2(C)C(=O)c3ccccc3C2=O)cc1. The molecule has 0 unspecified atom stereocenters. The van der Waals surface area contributed by atoms with Crippen LogP contribution in [0.2, 0.25) is 0 Å². The zero-order valence-corrected chi connectivity index (χ0v) is 12.3. The summed E-state index contributed by atoms with van der Waals surface area (Å²) in [6, 6.07) is 12.9. The van der Waals surface area contributed by atoms with Crippen molar-refractivity contribution in [1.82, 2.24) is 0 Å². The van der Waals surface area contributed by atoms with Crippen LogP contribution in [0.4, 0.5) is 0 Å². The molecule has 4 heteroatoms. The average molecular weight is 294 g/mol. The molecule has 0 aromatic heterocycles. The highest BCUT2D eigenvalue weighted by atomic mass is 16.5. The second kappa shape index (κ2) is 4.91. The molecule has 0 aliphatic heterocycles. The first-order chi connectivity index (χ1) is 10.5. The topological polar surface area (TPSA) is 60.4 Å². The van der Waals surface area contributed by atoms with Gasteiger partial charge in [0, 0.05) is 16.7 Å². The van der Waals surface area contributed by atoms with Crippen LogP contribution in [-0.4, -0.2) is 24.5 Å². The Hall–Kier alpha value is -2.75. The molecule has 1 aliphatic rings. The zero-order chi connectivity index (χ0) is 15.9. The molecular formula is C18H14O4. The van der Waals surface area contributed by atoms with Crippen LogP contribution < -0.4 is 4.74 Å². The lowest BCUT2D eigenvalue weighted by Crippen LogP contribution is -2.38. The average Bonchev–Trinajstić information content (AvgIpc) is 2.77. The summed E-state index contributed by atoms with van der Waals surface area (Å²) in [6.45, 7) is 1.41. The first-order valence-electron chi connectivity index (χ1n) is 6.87. The van der Waals surface area contributed by atoms with E-state index in [0.717, 1.165) is 0 Å². The van der Waals surface area contributed by atoms with Crippen LogP contribution >= 0.6 is 0 Å². The Morgan fingerprint density at radius 1 is 0.909 bits per heavy atom. The van der Waals surface area contributed by atoms with E-state index in [0.29, 0.717) is 22.4 Å². The third kappa shape index (κ3) is 1.80. The van der Waals surface area contributed by atoms with E-state index in [-0.39, 0.29) is 0 Å². The molecule has 0 radical (unpaired) electrons. The molecule has 1 aliphatic carbocycles. The van der Waals surface area contributed by atoms with Gasteiger partial charge < -0.3 is 4.74 Å². The molecule has 0 heterocycles. The van der Waals surface area contributed by atoms with Gasteiger partial charge in [-0.3, -0.25) is 14.4 Å². The molecule has 2 aromatic carbocycles. The maximum Gasteiger partial charge on any atom is 0.185 e. The van der Waals surface area contributed by atoms with Crippen molar-refractivity contribution in [1.29, 1.82) is 0 Å². The first-order valence-corrected chi connectivity index (χ1v) is 6.87. The Balaban J connectivity index is 2.05. The van der Waals surface area contributed by atoms with E-state index in [1.807, 2.05) is 0 Å². The molecule has 0 amide bonds. The Labute approximate surface area is 127 Å². The fourth-order valence-corrected chi connectivity index (χ4v) is 2.76. The summed E-state index contributed by atoms with van der Waals surface area (Å²) in [5.41, 5.74) is -0.732. The van der Waals surface area contributed by atoms with Crippen molar-refractivity contribution in [3.05, 3.63) is 65.2 Å². The molecule has 4 nitrogen and oxygen atoms in total. The first kappa shape index (κ1) is 14.2. The van der Waals surface area contributed by atoms with Gasteiger partial charge in [0.15, 0.2) is 22.8 Å². The Bertz CT molecular complexity index is 752. The van der Waals surface area contributed by atoms with Crippen LogP contribution in [0.25, 0.3) is 0 Å². The number of methoxy groups -OCH3 is 1. The van der Waals surface area contributed by atoms with Crippen molar-refractivity contribution in [3.63, 3.8) is 0 Å². The fraction of sp³-hybridized carbons (Fsp3) is 0.167. The molecule has 0 fully saturated rings. The van der Waals surface area contributed by atoms with Crippen LogP contribution in [0.3, 0.4) is 0 Å². The lowest BCUT2D eigenvalue weighted by atomic mass is 9.78. The van der Waals surface area contributed by atoms with Crippen LogP contribution in [0, 0.1) is 5.41 Å². The Morgan fingerprint density at radius 3 is 1.86 bits per heavy atom. The van der Waals surface area contributed by atoms with E-state index in [1.165, 1.54) is 14.0 Å². The van der Waals surface area contributed by atoms with Gasteiger partial charge in [0.1, 0.15) is 5.75 Å². The third-order valence-corrected chi connectivity index (χ3v) is 4.13. The summed E-state index contributed by atoms with van der Waals surface area (Å²) in [7, 11) is 1.53. The van der Waals surface area contributed by atoms with Crippen LogP contribution in [0.15, 0.2) is 48.5 Å². The molecule has 110 valence electrons. The van der Waals surface area contributed by atoms with Crippen molar-refractivity contribution in [2.24, 2.45) is 5.41 Å². The minimum absolute atomic E-state index is 0.317. The Kier molecular flexibility index (Phi) is 3.17. The van der Waals surface area contributed by atoms with Gasteiger partial charge in [-0.05, 0) is 31.2 Å². The van der Waals surface area contributed by atoms with E-state index in [9.17, 15) is 14.4 Å². The monoisotopic (exact) mass is 294 g/mol. The summed E-state index contributed by atoms with van der Waals surface area (Å²) in [4.78, 5) is 38.0. The predicted molar refractivity (Wildman–Crippen MR) is 80.5 cm³/mol. The quantitative estimate of drug-likeness (QED) is 0.645. The van der Waals surface area contributed by atoms with Gasteiger partial charge in [-0.1, -0.05) is 24.3 Å². The molecular weight excluding hydrogens is 280 g/mol. The van der Waals surface area contributed by atoms with Crippen LogP contribution in [-0.2, 0) is 0 Å². The number of benzene rings is 2. The molecule has 0 bridgehead atoms. The van der Waals surface area contributed by atoms with Crippen molar-refractivity contribution < 1.29 is 19.1 Å². The number of carbonyl (C=O) groups excluding carboxylic acids is 3. The fourth-order valence-electron chi connectivity index (χ4n) is 2.76. The molecule has 3 rings (SSSR count). The van der Waals surface area contributed by atoms with E-state index in [1.54, 1.807) is 48.5 Å². The van der Waals surface area contributed by atoms with E-state index in [4.69, 9.17) is 4.74 Å². The summed E-state index contributed by atoms with van der Waals surface area (Å²) < 4.78 is 5.05. The molecule has 0 N–H and O–H groups in total. The van der Waals surface area contributed by atoms with Crippen molar-refractivity contribution in [2.45, 2.75) is 6.92 Å². The minimum Gasteiger partial charge on any atom is -0.497 e. The molecule has 0 saturated heterocycles. The second-order valence-electron chi connectivity index (χ2n) is 5.39. The van der Waals surface area contributed by atoms with E-state index in [2.05, 4.69) is 0 Å². The number of ketones is 3. The summed E-state index contributed by atoms with van der Waals surface area (Å²) >= 11 is 0. The number of rotatable bonds is 3. The summed E-state index contributed by atoms with van der Waals surface area (Å²) in [6.07, 6.45) is 0. The van der Waals surface area contributed by atoms with Gasteiger partial charge in [-0.15, -0.1) is 0 Å². The number of carbonyl (C=O) groups is 3. The van der Waals surface area contributed by atoms with Gasteiger partial charge in [-0.25, -0.2) is 0 Å². The van der Waals surface area contributed by atoms with Crippen molar-refractivity contribution in [3.8, 4) is 5.75 Å². The second-order valence-corrected chi connectivity index (χ2v) is 5.39. The number of ether oxygens (including phenoxy) is 1. The van der Waals surface area contributed by atoms with Gasteiger partial charge in [0.05, 0.1) is 7.11 Å². The number of Topliss-reactive ketones (excluding diaryl/α,β-unsaturated/α-hetero) is 3.